The van der Waals surface area contributed by atoms with E-state index < -0.39 is 0 Å². The van der Waals surface area contributed by atoms with E-state index in [-0.39, 0.29) is 6.54 Å². The van der Waals surface area contributed by atoms with Crippen molar-refractivity contribution in [2.24, 2.45) is 5.73 Å². The minimum absolute atomic E-state index is 0.289. The van der Waals surface area contributed by atoms with Crippen LogP contribution in [0.25, 0.3) is 10.7 Å². The molecule has 0 bridgehead atoms. The number of aromatic nitrogens is 2. The summed E-state index contributed by atoms with van der Waals surface area (Å²) in [6, 6.07) is 2.03. The summed E-state index contributed by atoms with van der Waals surface area (Å²) < 4.78 is 4.91. The van der Waals surface area contributed by atoms with Crippen LogP contribution in [-0.2, 0) is 6.54 Å². The Balaban J connectivity index is 2.41. The van der Waals surface area contributed by atoms with Crippen molar-refractivity contribution in [3.05, 3.63) is 22.9 Å². The molecule has 0 amide bonds. The highest BCUT2D eigenvalue weighted by Crippen LogP contribution is 2.26. The second-order valence-corrected chi connectivity index (χ2v) is 3.56. The van der Waals surface area contributed by atoms with Crippen molar-refractivity contribution < 1.29 is 4.52 Å². The summed E-state index contributed by atoms with van der Waals surface area (Å²) in [5.74, 6) is 1.11. The lowest BCUT2D eigenvalue weighted by Crippen LogP contribution is -1.95. The highest BCUT2D eigenvalue weighted by Gasteiger charge is 2.10. The van der Waals surface area contributed by atoms with Crippen molar-refractivity contribution in [1.29, 1.82) is 0 Å². The first kappa shape index (κ1) is 8.40. The summed E-state index contributed by atoms with van der Waals surface area (Å²) in [5, 5.41) is 5.84. The van der Waals surface area contributed by atoms with E-state index in [4.69, 9.17) is 10.3 Å². The lowest BCUT2D eigenvalue weighted by atomic mass is 10.3. The smallest absolute Gasteiger partial charge is 0.240 e. The third-order valence-electron chi connectivity index (χ3n) is 1.71. The van der Waals surface area contributed by atoms with Gasteiger partial charge in [-0.1, -0.05) is 5.16 Å². The Morgan fingerprint density at radius 2 is 2.46 bits per heavy atom. The zero-order valence-corrected chi connectivity index (χ0v) is 7.97. The third-order valence-corrected chi connectivity index (χ3v) is 2.72. The van der Waals surface area contributed by atoms with E-state index in [0.717, 1.165) is 10.4 Å². The summed E-state index contributed by atoms with van der Waals surface area (Å²) in [6.07, 6.45) is 0. The first-order chi connectivity index (χ1) is 6.31. The zero-order valence-electron chi connectivity index (χ0n) is 7.15. The van der Waals surface area contributed by atoms with Crippen molar-refractivity contribution in [2.45, 2.75) is 13.5 Å². The first-order valence-electron chi connectivity index (χ1n) is 3.88. The van der Waals surface area contributed by atoms with Gasteiger partial charge in [0.15, 0.2) is 0 Å². The maximum atomic E-state index is 5.36. The molecule has 0 aliphatic heterocycles. The van der Waals surface area contributed by atoms with E-state index in [1.165, 1.54) is 0 Å². The van der Waals surface area contributed by atoms with Crippen LogP contribution in [0.15, 0.2) is 16.0 Å². The van der Waals surface area contributed by atoms with Crippen LogP contribution < -0.4 is 5.73 Å². The van der Waals surface area contributed by atoms with Gasteiger partial charge in [0.05, 0.1) is 11.4 Å². The highest BCUT2D eigenvalue weighted by molar-refractivity contribution is 7.13. The van der Waals surface area contributed by atoms with Gasteiger partial charge in [-0.2, -0.15) is 4.98 Å². The molecule has 5 heteroatoms. The number of nitrogens with zero attached hydrogens (tertiary/aromatic N) is 2. The summed E-state index contributed by atoms with van der Waals surface area (Å²) in [5.41, 5.74) is 6.52. The van der Waals surface area contributed by atoms with Crippen molar-refractivity contribution >= 4 is 11.3 Å². The summed E-state index contributed by atoms with van der Waals surface area (Å²) in [7, 11) is 0. The van der Waals surface area contributed by atoms with Gasteiger partial charge in [-0.25, -0.2) is 0 Å². The van der Waals surface area contributed by atoms with Gasteiger partial charge in [0.25, 0.3) is 0 Å². The molecule has 2 aromatic heterocycles. The van der Waals surface area contributed by atoms with Crippen LogP contribution in [0.2, 0.25) is 0 Å². The Morgan fingerprint density at radius 1 is 1.62 bits per heavy atom. The fraction of sp³-hybridized carbons (Fsp3) is 0.250. The van der Waals surface area contributed by atoms with Crippen molar-refractivity contribution in [3.63, 3.8) is 0 Å². The van der Waals surface area contributed by atoms with E-state index in [0.29, 0.717) is 11.7 Å². The van der Waals surface area contributed by atoms with Crippen LogP contribution in [-0.4, -0.2) is 10.1 Å². The average molecular weight is 195 g/mol. The zero-order chi connectivity index (χ0) is 9.26. The van der Waals surface area contributed by atoms with E-state index >= 15 is 0 Å². The highest BCUT2D eigenvalue weighted by atomic mass is 32.1. The second kappa shape index (κ2) is 3.27. The number of hydrogen-bond donors (Lipinski definition) is 1. The fourth-order valence-electron chi connectivity index (χ4n) is 1.03. The molecule has 13 heavy (non-hydrogen) atoms. The Kier molecular flexibility index (Phi) is 2.12. The molecule has 0 spiro atoms. The minimum atomic E-state index is 0.289. The van der Waals surface area contributed by atoms with Gasteiger partial charge in [-0.15, -0.1) is 11.3 Å². The maximum absolute atomic E-state index is 5.36. The van der Waals surface area contributed by atoms with Gasteiger partial charge in [0.1, 0.15) is 0 Å². The fourth-order valence-corrected chi connectivity index (χ4v) is 1.88. The molecule has 2 rings (SSSR count). The van der Waals surface area contributed by atoms with E-state index in [1.807, 2.05) is 18.4 Å². The van der Waals surface area contributed by atoms with Gasteiger partial charge in [-0.05, 0) is 23.9 Å². The number of rotatable bonds is 2. The van der Waals surface area contributed by atoms with Crippen LogP contribution in [0.1, 0.15) is 11.5 Å². The van der Waals surface area contributed by atoms with Gasteiger partial charge >= 0.3 is 0 Å². The molecule has 0 aromatic carbocycles. The molecule has 0 radical (unpaired) electrons. The normalized spacial score (nSPS) is 10.6. The molecule has 0 aliphatic rings. The largest absolute Gasteiger partial charge is 0.338 e. The van der Waals surface area contributed by atoms with Crippen LogP contribution in [0.3, 0.4) is 0 Å². The molecule has 0 saturated carbocycles. The number of nitrogens with two attached hydrogens (primary N) is 1. The quantitative estimate of drug-likeness (QED) is 0.789. The average Bonchev–Trinajstić information content (AvgIpc) is 2.71. The molecule has 2 aromatic rings. The Bertz CT molecular complexity index is 407. The molecule has 0 aliphatic carbocycles. The lowest BCUT2D eigenvalue weighted by molar-refractivity contribution is 0.380. The molecular weight excluding hydrogens is 186 g/mol. The maximum Gasteiger partial charge on any atom is 0.240 e. The number of hydrogen-bond acceptors (Lipinski definition) is 5. The SMILES string of the molecule is Cc1ccsc1-c1noc(CN)n1. The molecule has 0 saturated heterocycles. The van der Waals surface area contributed by atoms with Crippen molar-refractivity contribution in [2.75, 3.05) is 0 Å². The van der Waals surface area contributed by atoms with Crippen molar-refractivity contribution in [1.82, 2.24) is 10.1 Å². The first-order valence-corrected chi connectivity index (χ1v) is 4.76. The summed E-state index contributed by atoms with van der Waals surface area (Å²) >= 11 is 1.60. The topological polar surface area (TPSA) is 64.9 Å². The van der Waals surface area contributed by atoms with Gasteiger partial charge in [0.2, 0.25) is 11.7 Å². The third kappa shape index (κ3) is 1.48. The molecule has 0 fully saturated rings. The van der Waals surface area contributed by atoms with Gasteiger partial charge in [0, 0.05) is 0 Å². The predicted molar refractivity (Wildman–Crippen MR) is 50.2 cm³/mol. The number of thiophene rings is 1. The summed E-state index contributed by atoms with van der Waals surface area (Å²) in [6.45, 7) is 2.31. The Morgan fingerprint density at radius 3 is 3.00 bits per heavy atom. The van der Waals surface area contributed by atoms with Crippen LogP contribution >= 0.6 is 11.3 Å². The van der Waals surface area contributed by atoms with E-state index in [9.17, 15) is 0 Å². The van der Waals surface area contributed by atoms with Crippen LogP contribution in [0.5, 0.6) is 0 Å². The molecule has 2 heterocycles. The van der Waals surface area contributed by atoms with E-state index in [2.05, 4.69) is 10.1 Å². The monoisotopic (exact) mass is 195 g/mol. The molecular formula is C8H9N3OS. The molecule has 0 atom stereocenters. The standard InChI is InChI=1S/C8H9N3OS/c1-5-2-3-13-7(5)8-10-6(4-9)12-11-8/h2-3H,4,9H2,1H3. The molecule has 4 nitrogen and oxygen atoms in total. The Labute approximate surface area is 79.4 Å². The predicted octanol–water partition coefficient (Wildman–Crippen LogP) is 1.57. The molecule has 0 unspecified atom stereocenters. The Hall–Kier alpha value is -1.20. The summed E-state index contributed by atoms with van der Waals surface area (Å²) in [4.78, 5) is 5.18. The van der Waals surface area contributed by atoms with Crippen LogP contribution in [0, 0.1) is 6.92 Å². The van der Waals surface area contributed by atoms with Crippen LogP contribution in [0.4, 0.5) is 0 Å². The minimum Gasteiger partial charge on any atom is -0.338 e. The van der Waals surface area contributed by atoms with Gasteiger partial charge < -0.3 is 10.3 Å². The molecule has 2 N–H and O–H groups in total. The number of aryl methyl sites for hydroxylation is 1. The van der Waals surface area contributed by atoms with Gasteiger partial charge in [-0.3, -0.25) is 0 Å². The lowest BCUT2D eigenvalue weighted by Gasteiger charge is -1.88. The second-order valence-electron chi connectivity index (χ2n) is 2.65. The van der Waals surface area contributed by atoms with E-state index in [1.54, 1.807) is 11.3 Å². The van der Waals surface area contributed by atoms with Crippen molar-refractivity contribution in [3.8, 4) is 10.7 Å². The molecule has 68 valence electrons.